The van der Waals surface area contributed by atoms with Crippen molar-refractivity contribution in [3.63, 3.8) is 0 Å². The van der Waals surface area contributed by atoms with E-state index in [9.17, 15) is 33.9 Å². The van der Waals surface area contributed by atoms with Gasteiger partial charge >= 0.3 is 11.9 Å². The van der Waals surface area contributed by atoms with Crippen LogP contribution in [-0.4, -0.2) is 82.7 Å². The van der Waals surface area contributed by atoms with Crippen molar-refractivity contribution in [1.82, 2.24) is 21.3 Å². The van der Waals surface area contributed by atoms with Crippen molar-refractivity contribution < 1.29 is 44.1 Å². The summed E-state index contributed by atoms with van der Waals surface area (Å²) in [5.74, 6) is -5.28. The van der Waals surface area contributed by atoms with E-state index in [-0.39, 0.29) is 6.42 Å². The van der Waals surface area contributed by atoms with E-state index in [0.717, 1.165) is 0 Å². The molecule has 27 heavy (non-hydrogen) atoms. The maximum absolute atomic E-state index is 12.0. The second-order valence-corrected chi connectivity index (χ2v) is 5.36. The Balaban J connectivity index is 4.62. The largest absolute Gasteiger partial charge is 0.481 e. The van der Waals surface area contributed by atoms with Gasteiger partial charge in [0.15, 0.2) is 0 Å². The molecule has 0 radical (unpaired) electrons. The Hall–Kier alpha value is -3.22. The Labute approximate surface area is 153 Å². The first-order chi connectivity index (χ1) is 12.6. The fourth-order valence-corrected chi connectivity index (χ4v) is 1.74. The first-order valence-electron chi connectivity index (χ1n) is 7.74. The summed E-state index contributed by atoms with van der Waals surface area (Å²) in [5.41, 5.74) is 0. The summed E-state index contributed by atoms with van der Waals surface area (Å²) in [7, 11) is 0. The number of amides is 4. The van der Waals surface area contributed by atoms with Crippen molar-refractivity contribution in [3.8, 4) is 0 Å². The van der Waals surface area contributed by atoms with Gasteiger partial charge in [-0.15, -0.1) is 0 Å². The molecule has 7 N–H and O–H groups in total. The maximum Gasteiger partial charge on any atom is 0.326 e. The van der Waals surface area contributed by atoms with Gasteiger partial charge in [0, 0.05) is 6.42 Å². The van der Waals surface area contributed by atoms with Crippen LogP contribution >= 0.6 is 0 Å². The molecule has 0 aromatic carbocycles. The fourth-order valence-electron chi connectivity index (χ4n) is 1.74. The number of aliphatic hydroxyl groups excluding tert-OH is 1. The van der Waals surface area contributed by atoms with E-state index in [1.165, 1.54) is 6.92 Å². The van der Waals surface area contributed by atoms with Crippen LogP contribution in [0.1, 0.15) is 19.8 Å². The lowest BCUT2D eigenvalue weighted by Gasteiger charge is -2.20. The molecule has 0 saturated heterocycles. The van der Waals surface area contributed by atoms with Crippen LogP contribution in [0, 0.1) is 0 Å². The van der Waals surface area contributed by atoms with Gasteiger partial charge in [0.1, 0.15) is 18.1 Å². The lowest BCUT2D eigenvalue weighted by molar-refractivity contribution is -0.143. The van der Waals surface area contributed by atoms with Crippen molar-refractivity contribution >= 4 is 36.1 Å². The molecule has 0 aliphatic rings. The summed E-state index contributed by atoms with van der Waals surface area (Å²) in [5, 5.41) is 35.2. The highest BCUT2D eigenvalue weighted by Crippen LogP contribution is 1.99. The zero-order valence-electron chi connectivity index (χ0n) is 14.4. The molecule has 0 bridgehead atoms. The molecule has 0 saturated carbocycles. The normalized spacial score (nSPS) is 13.4. The highest BCUT2D eigenvalue weighted by atomic mass is 16.4. The standard InChI is InChI=1S/C14H22N4O9/c1-7(16-6-20)12(24)15-4-10(21)17-9(5-19)13(25)18-8(14(26)27)2-3-11(22)23/h6-9,19H,2-5H2,1H3,(H,15,24)(H,16,20)(H,17,21)(H,18,25)(H,22,23)(H,26,27)/t7-,8-,9+/m0/s1. The van der Waals surface area contributed by atoms with Gasteiger partial charge in [-0.25, -0.2) is 4.79 Å². The van der Waals surface area contributed by atoms with Gasteiger partial charge in [0.2, 0.25) is 24.1 Å². The van der Waals surface area contributed by atoms with Crippen LogP contribution in [0.3, 0.4) is 0 Å². The molecule has 0 unspecified atom stereocenters. The maximum atomic E-state index is 12.0. The molecule has 13 nitrogen and oxygen atoms in total. The van der Waals surface area contributed by atoms with Crippen molar-refractivity contribution in [2.75, 3.05) is 13.2 Å². The molecule has 0 rings (SSSR count). The predicted octanol–water partition coefficient (Wildman–Crippen LogP) is -3.85. The second-order valence-electron chi connectivity index (χ2n) is 5.36. The summed E-state index contributed by atoms with van der Waals surface area (Å²) < 4.78 is 0. The van der Waals surface area contributed by atoms with E-state index >= 15 is 0 Å². The van der Waals surface area contributed by atoms with Crippen LogP contribution in [0.5, 0.6) is 0 Å². The summed E-state index contributed by atoms with van der Waals surface area (Å²) in [4.78, 5) is 67.0. The predicted molar refractivity (Wildman–Crippen MR) is 87.1 cm³/mol. The third kappa shape index (κ3) is 9.74. The number of aliphatic hydroxyl groups is 1. The number of rotatable bonds is 13. The minimum Gasteiger partial charge on any atom is -0.481 e. The highest BCUT2D eigenvalue weighted by Gasteiger charge is 2.26. The zero-order chi connectivity index (χ0) is 21.0. The number of carbonyl (C=O) groups excluding carboxylic acids is 4. The minimum absolute atomic E-state index is 0.305. The Morgan fingerprint density at radius 3 is 2.11 bits per heavy atom. The zero-order valence-corrected chi connectivity index (χ0v) is 14.4. The Bertz CT molecular complexity index is 581. The number of hydrogen-bond donors (Lipinski definition) is 7. The van der Waals surface area contributed by atoms with E-state index < -0.39 is 67.4 Å². The average Bonchev–Trinajstić information content (AvgIpc) is 2.60. The summed E-state index contributed by atoms with van der Waals surface area (Å²) in [6.45, 7) is -0.0521. The molecule has 0 heterocycles. The Morgan fingerprint density at radius 1 is 1.00 bits per heavy atom. The van der Waals surface area contributed by atoms with Gasteiger partial charge in [-0.1, -0.05) is 0 Å². The molecule has 0 fully saturated rings. The molecule has 0 aromatic rings. The Kier molecular flexibility index (Phi) is 10.7. The lowest BCUT2D eigenvalue weighted by atomic mass is 10.1. The highest BCUT2D eigenvalue weighted by molar-refractivity contribution is 5.92. The second kappa shape index (κ2) is 12.2. The van der Waals surface area contributed by atoms with Gasteiger partial charge in [-0.3, -0.25) is 24.0 Å². The molecular weight excluding hydrogens is 368 g/mol. The van der Waals surface area contributed by atoms with E-state index in [4.69, 9.17) is 10.2 Å². The van der Waals surface area contributed by atoms with E-state index in [2.05, 4.69) is 16.0 Å². The SMILES string of the molecule is C[C@H](NC=O)C(=O)NCC(=O)N[C@H](CO)C(=O)N[C@@H](CCC(=O)O)C(=O)O. The number of nitrogens with one attached hydrogen (secondary N) is 4. The third-order valence-electron chi connectivity index (χ3n) is 3.23. The Morgan fingerprint density at radius 2 is 1.63 bits per heavy atom. The molecule has 13 heteroatoms. The van der Waals surface area contributed by atoms with Crippen molar-refractivity contribution in [2.45, 2.75) is 37.9 Å². The van der Waals surface area contributed by atoms with Gasteiger partial charge in [0.25, 0.3) is 0 Å². The summed E-state index contributed by atoms with van der Waals surface area (Å²) >= 11 is 0. The van der Waals surface area contributed by atoms with Crippen LogP contribution in [0.15, 0.2) is 0 Å². The van der Waals surface area contributed by atoms with Crippen LogP contribution < -0.4 is 21.3 Å². The summed E-state index contributed by atoms with van der Waals surface area (Å²) in [6, 6.07) is -3.92. The van der Waals surface area contributed by atoms with Crippen LogP contribution in [-0.2, 0) is 28.8 Å². The molecule has 0 aliphatic heterocycles. The van der Waals surface area contributed by atoms with Crippen molar-refractivity contribution in [1.29, 1.82) is 0 Å². The molecule has 0 aromatic heterocycles. The molecule has 0 aliphatic carbocycles. The molecule has 0 spiro atoms. The van der Waals surface area contributed by atoms with E-state index in [1.807, 2.05) is 5.32 Å². The van der Waals surface area contributed by atoms with E-state index in [0.29, 0.717) is 6.41 Å². The fraction of sp³-hybridized carbons (Fsp3) is 0.571. The van der Waals surface area contributed by atoms with Gasteiger partial charge in [-0.05, 0) is 13.3 Å². The van der Waals surface area contributed by atoms with Gasteiger partial charge in [0.05, 0.1) is 13.2 Å². The first kappa shape index (κ1) is 23.8. The van der Waals surface area contributed by atoms with Crippen LogP contribution in [0.2, 0.25) is 0 Å². The number of hydrogen-bond acceptors (Lipinski definition) is 7. The lowest BCUT2D eigenvalue weighted by Crippen LogP contribution is -2.55. The first-order valence-corrected chi connectivity index (χ1v) is 7.74. The monoisotopic (exact) mass is 390 g/mol. The number of carboxylic acids is 2. The van der Waals surface area contributed by atoms with E-state index in [1.54, 1.807) is 0 Å². The number of carboxylic acid groups (broad SMARTS) is 2. The average molecular weight is 390 g/mol. The van der Waals surface area contributed by atoms with Gasteiger partial charge in [-0.2, -0.15) is 0 Å². The quantitative estimate of drug-likeness (QED) is 0.153. The van der Waals surface area contributed by atoms with Crippen molar-refractivity contribution in [2.24, 2.45) is 0 Å². The molecule has 3 atom stereocenters. The summed E-state index contributed by atoms with van der Waals surface area (Å²) in [6.07, 6.45) is -0.591. The van der Waals surface area contributed by atoms with Crippen LogP contribution in [0.4, 0.5) is 0 Å². The minimum atomic E-state index is -1.52. The topological polar surface area (TPSA) is 211 Å². The van der Waals surface area contributed by atoms with Crippen LogP contribution in [0.25, 0.3) is 0 Å². The third-order valence-corrected chi connectivity index (χ3v) is 3.23. The number of aliphatic carboxylic acids is 2. The number of carbonyl (C=O) groups is 6. The molecular formula is C14H22N4O9. The molecule has 152 valence electrons. The molecule has 4 amide bonds. The smallest absolute Gasteiger partial charge is 0.326 e. The van der Waals surface area contributed by atoms with Gasteiger partial charge < -0.3 is 36.6 Å². The van der Waals surface area contributed by atoms with Crippen molar-refractivity contribution in [3.05, 3.63) is 0 Å².